The number of carbonyl (C=O) groups excluding carboxylic acids is 1. The molecule has 0 aliphatic carbocycles. The topological polar surface area (TPSA) is 26.3 Å². The van der Waals surface area contributed by atoms with Crippen molar-refractivity contribution in [3.63, 3.8) is 0 Å². The highest BCUT2D eigenvalue weighted by atomic mass is 16.5. The maximum atomic E-state index is 10.8. The average molecular weight is 238 g/mol. The highest BCUT2D eigenvalue weighted by Crippen LogP contribution is 2.12. The SMILES string of the molecule is C=CC=CCCCCCCC(CC)OC(C)=O. The lowest BCUT2D eigenvalue weighted by atomic mass is 10.1. The van der Waals surface area contributed by atoms with E-state index >= 15 is 0 Å². The maximum Gasteiger partial charge on any atom is 0.302 e. The van der Waals surface area contributed by atoms with E-state index in [4.69, 9.17) is 4.74 Å². The van der Waals surface area contributed by atoms with Gasteiger partial charge in [-0.05, 0) is 32.1 Å². The van der Waals surface area contributed by atoms with Gasteiger partial charge < -0.3 is 4.74 Å². The molecule has 0 radical (unpaired) electrons. The first-order valence-electron chi connectivity index (χ1n) is 6.65. The lowest BCUT2D eigenvalue weighted by molar-refractivity contribution is -0.146. The smallest absolute Gasteiger partial charge is 0.302 e. The fourth-order valence-electron chi connectivity index (χ4n) is 1.76. The number of allylic oxidation sites excluding steroid dienone is 3. The van der Waals surface area contributed by atoms with Crippen LogP contribution in [0, 0.1) is 0 Å². The fourth-order valence-corrected chi connectivity index (χ4v) is 1.76. The molecule has 2 nitrogen and oxygen atoms in total. The molecule has 0 N–H and O–H groups in total. The van der Waals surface area contributed by atoms with Gasteiger partial charge in [0.05, 0.1) is 0 Å². The van der Waals surface area contributed by atoms with Crippen molar-refractivity contribution in [1.82, 2.24) is 0 Å². The minimum Gasteiger partial charge on any atom is -0.463 e. The van der Waals surface area contributed by atoms with Crippen LogP contribution in [0.5, 0.6) is 0 Å². The minimum atomic E-state index is -0.161. The summed E-state index contributed by atoms with van der Waals surface area (Å²) in [4.78, 5) is 10.8. The van der Waals surface area contributed by atoms with Crippen molar-refractivity contribution in [2.45, 2.75) is 64.9 Å². The van der Waals surface area contributed by atoms with E-state index in [-0.39, 0.29) is 12.1 Å². The summed E-state index contributed by atoms with van der Waals surface area (Å²) in [6.07, 6.45) is 14.0. The Bertz CT molecular complexity index is 231. The molecule has 0 spiro atoms. The van der Waals surface area contributed by atoms with E-state index in [9.17, 15) is 4.79 Å². The molecule has 98 valence electrons. The van der Waals surface area contributed by atoms with Crippen molar-refractivity contribution in [1.29, 1.82) is 0 Å². The van der Waals surface area contributed by atoms with Gasteiger partial charge in [-0.2, -0.15) is 0 Å². The number of hydrogen-bond acceptors (Lipinski definition) is 2. The highest BCUT2D eigenvalue weighted by Gasteiger charge is 2.08. The summed E-state index contributed by atoms with van der Waals surface area (Å²) >= 11 is 0. The van der Waals surface area contributed by atoms with Crippen molar-refractivity contribution in [3.05, 3.63) is 24.8 Å². The normalized spacial score (nSPS) is 12.6. The van der Waals surface area contributed by atoms with E-state index in [0.29, 0.717) is 0 Å². The second-order valence-electron chi connectivity index (χ2n) is 4.30. The van der Waals surface area contributed by atoms with E-state index in [1.807, 2.05) is 12.2 Å². The second-order valence-corrected chi connectivity index (χ2v) is 4.30. The largest absolute Gasteiger partial charge is 0.463 e. The summed E-state index contributed by atoms with van der Waals surface area (Å²) in [5.41, 5.74) is 0. The Morgan fingerprint density at radius 3 is 2.59 bits per heavy atom. The van der Waals surface area contributed by atoms with Gasteiger partial charge in [0, 0.05) is 6.92 Å². The van der Waals surface area contributed by atoms with Crippen LogP contribution in [0.2, 0.25) is 0 Å². The molecule has 0 bridgehead atoms. The van der Waals surface area contributed by atoms with Crippen LogP contribution in [0.4, 0.5) is 0 Å². The van der Waals surface area contributed by atoms with Crippen molar-refractivity contribution < 1.29 is 9.53 Å². The predicted molar refractivity (Wildman–Crippen MR) is 72.9 cm³/mol. The predicted octanol–water partition coefficient (Wildman–Crippen LogP) is 4.41. The van der Waals surface area contributed by atoms with E-state index in [1.54, 1.807) is 0 Å². The molecular weight excluding hydrogens is 212 g/mol. The molecule has 0 heterocycles. The molecule has 0 aromatic carbocycles. The van der Waals surface area contributed by atoms with Crippen molar-refractivity contribution >= 4 is 5.97 Å². The molecule has 0 fully saturated rings. The van der Waals surface area contributed by atoms with Crippen LogP contribution >= 0.6 is 0 Å². The molecule has 0 aromatic rings. The minimum absolute atomic E-state index is 0.119. The number of unbranched alkanes of at least 4 members (excludes halogenated alkanes) is 4. The van der Waals surface area contributed by atoms with Gasteiger partial charge in [0.15, 0.2) is 0 Å². The third-order valence-electron chi connectivity index (χ3n) is 2.71. The molecule has 1 atom stereocenters. The summed E-state index contributed by atoms with van der Waals surface area (Å²) < 4.78 is 5.20. The Morgan fingerprint density at radius 2 is 2.00 bits per heavy atom. The highest BCUT2D eigenvalue weighted by molar-refractivity contribution is 5.66. The standard InChI is InChI=1S/C15H26O2/c1-4-6-7-8-9-10-11-12-13-15(5-2)17-14(3)16/h4,6-7,15H,1,5,8-13H2,2-3H3. The van der Waals surface area contributed by atoms with Crippen molar-refractivity contribution in [3.8, 4) is 0 Å². The number of esters is 1. The zero-order valence-corrected chi connectivity index (χ0v) is 11.3. The van der Waals surface area contributed by atoms with Crippen LogP contribution in [0.25, 0.3) is 0 Å². The first kappa shape index (κ1) is 16.0. The Hall–Kier alpha value is -1.05. The first-order chi connectivity index (χ1) is 8.20. The fraction of sp³-hybridized carbons (Fsp3) is 0.667. The molecule has 0 saturated carbocycles. The molecule has 17 heavy (non-hydrogen) atoms. The monoisotopic (exact) mass is 238 g/mol. The van der Waals surface area contributed by atoms with Crippen LogP contribution in [0.15, 0.2) is 24.8 Å². The van der Waals surface area contributed by atoms with Crippen LogP contribution < -0.4 is 0 Å². The van der Waals surface area contributed by atoms with E-state index in [0.717, 1.165) is 25.7 Å². The molecule has 0 saturated heterocycles. The maximum absolute atomic E-state index is 10.8. The van der Waals surface area contributed by atoms with Gasteiger partial charge in [-0.1, -0.05) is 44.6 Å². The van der Waals surface area contributed by atoms with Gasteiger partial charge in [-0.15, -0.1) is 0 Å². The van der Waals surface area contributed by atoms with Crippen LogP contribution in [0.1, 0.15) is 58.8 Å². The molecule has 0 rings (SSSR count). The lowest BCUT2D eigenvalue weighted by Gasteiger charge is -2.14. The average Bonchev–Trinajstić information content (AvgIpc) is 2.30. The van der Waals surface area contributed by atoms with Crippen molar-refractivity contribution in [2.75, 3.05) is 0 Å². The molecule has 0 aromatic heterocycles. The molecule has 2 heteroatoms. The van der Waals surface area contributed by atoms with E-state index in [2.05, 4.69) is 19.6 Å². The van der Waals surface area contributed by atoms with Crippen molar-refractivity contribution in [2.24, 2.45) is 0 Å². The van der Waals surface area contributed by atoms with E-state index < -0.39 is 0 Å². The zero-order valence-electron chi connectivity index (χ0n) is 11.3. The molecule has 0 aliphatic heterocycles. The number of carbonyl (C=O) groups is 1. The molecule has 1 unspecified atom stereocenters. The Morgan fingerprint density at radius 1 is 1.29 bits per heavy atom. The van der Waals surface area contributed by atoms with E-state index in [1.165, 1.54) is 26.2 Å². The third-order valence-corrected chi connectivity index (χ3v) is 2.71. The Kier molecular flexibility index (Phi) is 10.7. The van der Waals surface area contributed by atoms with Gasteiger partial charge in [0.2, 0.25) is 0 Å². The molecule has 0 amide bonds. The molecule has 0 aliphatic rings. The summed E-state index contributed by atoms with van der Waals surface area (Å²) in [5.74, 6) is -0.161. The van der Waals surface area contributed by atoms with Gasteiger partial charge in [0.1, 0.15) is 6.10 Å². The van der Waals surface area contributed by atoms with Gasteiger partial charge in [-0.25, -0.2) is 0 Å². The summed E-state index contributed by atoms with van der Waals surface area (Å²) in [7, 11) is 0. The lowest BCUT2D eigenvalue weighted by Crippen LogP contribution is -2.14. The quantitative estimate of drug-likeness (QED) is 0.320. The number of ether oxygens (including phenoxy) is 1. The first-order valence-corrected chi connectivity index (χ1v) is 6.65. The number of rotatable bonds is 10. The van der Waals surface area contributed by atoms with Gasteiger partial charge >= 0.3 is 5.97 Å². The summed E-state index contributed by atoms with van der Waals surface area (Å²) in [6, 6.07) is 0. The molecular formula is C15H26O2. The van der Waals surface area contributed by atoms with Gasteiger partial charge in [0.25, 0.3) is 0 Å². The Balaban J connectivity index is 3.39. The summed E-state index contributed by atoms with van der Waals surface area (Å²) in [6.45, 7) is 7.18. The van der Waals surface area contributed by atoms with Crippen LogP contribution in [0.3, 0.4) is 0 Å². The third kappa shape index (κ3) is 11.2. The van der Waals surface area contributed by atoms with Crippen LogP contribution in [-0.4, -0.2) is 12.1 Å². The second kappa shape index (κ2) is 11.4. The zero-order chi connectivity index (χ0) is 12.9. The van der Waals surface area contributed by atoms with Gasteiger partial charge in [-0.3, -0.25) is 4.79 Å². The summed E-state index contributed by atoms with van der Waals surface area (Å²) in [5, 5.41) is 0. The number of hydrogen-bond donors (Lipinski definition) is 0. The van der Waals surface area contributed by atoms with Crippen LogP contribution in [-0.2, 0) is 9.53 Å². The Labute approximate surface area is 106 Å².